The lowest BCUT2D eigenvalue weighted by molar-refractivity contribution is 0.915. The maximum Gasteiger partial charge on any atom is 0.120 e. The van der Waals surface area contributed by atoms with Crippen LogP contribution in [0.5, 0.6) is 0 Å². The van der Waals surface area contributed by atoms with E-state index in [9.17, 15) is 0 Å². The van der Waals surface area contributed by atoms with Crippen molar-refractivity contribution in [3.05, 3.63) is 35.4 Å². The van der Waals surface area contributed by atoms with Crippen molar-refractivity contribution in [3.63, 3.8) is 0 Å². The summed E-state index contributed by atoms with van der Waals surface area (Å²) in [5.74, 6) is 0. The van der Waals surface area contributed by atoms with Gasteiger partial charge in [-0.3, -0.25) is 0 Å². The summed E-state index contributed by atoms with van der Waals surface area (Å²) < 4.78 is 0. The van der Waals surface area contributed by atoms with E-state index in [2.05, 4.69) is 25.1 Å². The summed E-state index contributed by atoms with van der Waals surface area (Å²) >= 11 is 13.6. The number of halogens is 2. The number of rotatable bonds is 1. The molecule has 0 radical (unpaired) electrons. The number of aromatic nitrogens is 1. The molecule has 0 bridgehead atoms. The second-order valence-electron chi connectivity index (χ2n) is 4.23. The Balaban J connectivity index is 2.17. The molecule has 0 unspecified atom stereocenters. The number of pyridine rings is 1. The van der Waals surface area contributed by atoms with E-state index in [0.29, 0.717) is 0 Å². The average molecular weight is 284 g/mol. The minimum atomic E-state index is -0.336. The van der Waals surface area contributed by atoms with Gasteiger partial charge in [0, 0.05) is 10.6 Å². The van der Waals surface area contributed by atoms with Crippen molar-refractivity contribution >= 4 is 45.9 Å². The molecule has 88 valence electrons. The topological polar surface area (TPSA) is 12.9 Å². The van der Waals surface area contributed by atoms with Crippen molar-refractivity contribution in [2.24, 2.45) is 0 Å². The summed E-state index contributed by atoms with van der Waals surface area (Å²) in [5, 5.41) is 2.56. The van der Waals surface area contributed by atoms with E-state index in [-0.39, 0.29) is 10.1 Å². The minimum absolute atomic E-state index is 0.233. The highest BCUT2D eigenvalue weighted by Gasteiger charge is 2.30. The Morgan fingerprint density at radius 1 is 1.35 bits per heavy atom. The molecular formula is C13H11Cl2NS. The smallest absolute Gasteiger partial charge is 0.120 e. The van der Waals surface area contributed by atoms with Gasteiger partial charge in [-0.1, -0.05) is 30.0 Å². The highest BCUT2D eigenvalue weighted by atomic mass is 35.5. The molecule has 2 heterocycles. The Labute approximate surface area is 115 Å². The zero-order chi connectivity index (χ0) is 12.0. The quantitative estimate of drug-likeness (QED) is 0.721. The van der Waals surface area contributed by atoms with Crippen LogP contribution in [0.25, 0.3) is 10.9 Å². The first-order valence-electron chi connectivity index (χ1n) is 5.50. The maximum absolute atomic E-state index is 5.98. The Kier molecular flexibility index (Phi) is 2.97. The average Bonchev–Trinajstić information content (AvgIpc) is 2.74. The first-order valence-corrected chi connectivity index (χ1v) is 7.25. The highest BCUT2D eigenvalue weighted by molar-refractivity contribution is 8.00. The molecule has 0 spiro atoms. The van der Waals surface area contributed by atoms with Gasteiger partial charge in [0.2, 0.25) is 0 Å². The first-order chi connectivity index (χ1) is 8.16. The van der Waals surface area contributed by atoms with E-state index in [0.717, 1.165) is 17.0 Å². The third-order valence-electron chi connectivity index (χ3n) is 3.19. The van der Waals surface area contributed by atoms with Crippen molar-refractivity contribution < 1.29 is 0 Å². The molecule has 0 fully saturated rings. The van der Waals surface area contributed by atoms with Gasteiger partial charge in [-0.05, 0) is 30.5 Å². The van der Waals surface area contributed by atoms with E-state index in [1.165, 1.54) is 16.5 Å². The molecule has 0 saturated heterocycles. The Morgan fingerprint density at radius 2 is 2.12 bits per heavy atom. The number of thioether (sulfide) groups is 1. The fourth-order valence-corrected chi connectivity index (χ4v) is 3.91. The van der Waals surface area contributed by atoms with E-state index in [1.807, 2.05) is 6.07 Å². The first kappa shape index (κ1) is 11.6. The number of hydrogen-bond donors (Lipinski definition) is 0. The summed E-state index contributed by atoms with van der Waals surface area (Å²) in [6.45, 7) is 2.16. The molecular weight excluding hydrogens is 273 g/mol. The summed E-state index contributed by atoms with van der Waals surface area (Å²) in [6, 6.07) is 8.24. The third-order valence-corrected chi connectivity index (χ3v) is 5.40. The lowest BCUT2D eigenvalue weighted by Crippen LogP contribution is -2.10. The van der Waals surface area contributed by atoms with E-state index in [4.69, 9.17) is 28.2 Å². The van der Waals surface area contributed by atoms with Crippen LogP contribution in [0.3, 0.4) is 0 Å². The SMILES string of the molecule is Cc1c2c(nc3ccccc13)S[C@H](C(Cl)Cl)C2. The van der Waals surface area contributed by atoms with Gasteiger partial charge in [0.1, 0.15) is 9.86 Å². The summed E-state index contributed by atoms with van der Waals surface area (Å²) in [7, 11) is 0. The van der Waals surface area contributed by atoms with Crippen molar-refractivity contribution in [2.45, 2.75) is 28.5 Å². The summed E-state index contributed by atoms with van der Waals surface area (Å²) in [6.07, 6.45) is 0.918. The zero-order valence-corrected chi connectivity index (χ0v) is 11.6. The van der Waals surface area contributed by atoms with Crippen LogP contribution in [0.2, 0.25) is 0 Å². The van der Waals surface area contributed by atoms with Crippen LogP contribution >= 0.6 is 35.0 Å². The molecule has 1 nitrogen and oxygen atoms in total. The molecule has 2 aromatic rings. The number of para-hydroxylation sites is 1. The van der Waals surface area contributed by atoms with Crippen molar-refractivity contribution in [1.82, 2.24) is 4.98 Å². The van der Waals surface area contributed by atoms with E-state index in [1.54, 1.807) is 11.8 Å². The standard InChI is InChI=1S/C13H11Cl2NS/c1-7-8-4-2-3-5-10(8)16-13-9(7)6-11(17-13)12(14)15/h2-5,11-12H,6H2,1H3/t11-/m0/s1. The van der Waals surface area contributed by atoms with E-state index >= 15 is 0 Å². The van der Waals surface area contributed by atoms with Crippen LogP contribution in [-0.2, 0) is 6.42 Å². The molecule has 0 N–H and O–H groups in total. The maximum atomic E-state index is 5.98. The number of hydrogen-bond acceptors (Lipinski definition) is 2. The predicted molar refractivity (Wildman–Crippen MR) is 75.3 cm³/mol. The fraction of sp³-hybridized carbons (Fsp3) is 0.308. The number of aryl methyl sites for hydroxylation is 1. The lowest BCUT2D eigenvalue weighted by Gasteiger charge is -2.07. The summed E-state index contributed by atoms with van der Waals surface area (Å²) in [4.78, 5) is 4.36. The van der Waals surface area contributed by atoms with Crippen LogP contribution in [0.1, 0.15) is 11.1 Å². The van der Waals surface area contributed by atoms with Crippen LogP contribution in [0.15, 0.2) is 29.3 Å². The summed E-state index contributed by atoms with van der Waals surface area (Å²) in [5.41, 5.74) is 3.68. The zero-order valence-electron chi connectivity index (χ0n) is 9.28. The third kappa shape index (κ3) is 1.92. The molecule has 0 amide bonds. The van der Waals surface area contributed by atoms with Gasteiger partial charge in [0.05, 0.1) is 5.52 Å². The van der Waals surface area contributed by atoms with E-state index < -0.39 is 0 Å². The van der Waals surface area contributed by atoms with Crippen LogP contribution in [0, 0.1) is 6.92 Å². The van der Waals surface area contributed by atoms with Crippen molar-refractivity contribution in [2.75, 3.05) is 0 Å². The Bertz CT molecular complexity index is 583. The Morgan fingerprint density at radius 3 is 2.88 bits per heavy atom. The van der Waals surface area contributed by atoms with Crippen LogP contribution in [0.4, 0.5) is 0 Å². The number of benzene rings is 1. The monoisotopic (exact) mass is 283 g/mol. The van der Waals surface area contributed by atoms with Gasteiger partial charge >= 0.3 is 0 Å². The molecule has 1 aliphatic rings. The lowest BCUT2D eigenvalue weighted by atomic mass is 10.0. The van der Waals surface area contributed by atoms with Gasteiger partial charge in [-0.25, -0.2) is 4.98 Å². The van der Waals surface area contributed by atoms with Gasteiger partial charge in [0.15, 0.2) is 0 Å². The normalized spacial score (nSPS) is 18.9. The molecule has 4 heteroatoms. The van der Waals surface area contributed by atoms with Crippen molar-refractivity contribution in [3.8, 4) is 0 Å². The van der Waals surface area contributed by atoms with Gasteiger partial charge in [-0.15, -0.1) is 23.2 Å². The van der Waals surface area contributed by atoms with Gasteiger partial charge in [0.25, 0.3) is 0 Å². The second kappa shape index (κ2) is 4.34. The van der Waals surface area contributed by atoms with Crippen LogP contribution < -0.4 is 0 Å². The second-order valence-corrected chi connectivity index (χ2v) is 6.62. The molecule has 0 saturated carbocycles. The Hall–Kier alpha value is -0.440. The van der Waals surface area contributed by atoms with Crippen LogP contribution in [-0.4, -0.2) is 15.1 Å². The number of nitrogens with zero attached hydrogens (tertiary/aromatic N) is 1. The van der Waals surface area contributed by atoms with Gasteiger partial charge in [-0.2, -0.15) is 0 Å². The minimum Gasteiger partial charge on any atom is -0.241 e. The molecule has 1 atom stereocenters. The molecule has 17 heavy (non-hydrogen) atoms. The molecule has 0 aliphatic carbocycles. The van der Waals surface area contributed by atoms with Gasteiger partial charge < -0.3 is 0 Å². The number of fused-ring (bicyclic) bond motifs is 2. The fourth-order valence-electron chi connectivity index (χ4n) is 2.25. The highest BCUT2D eigenvalue weighted by Crippen LogP contribution is 2.42. The van der Waals surface area contributed by atoms with Crippen molar-refractivity contribution in [1.29, 1.82) is 0 Å². The molecule has 1 aliphatic heterocycles. The molecule has 1 aromatic carbocycles. The molecule has 3 rings (SSSR count). The predicted octanol–water partition coefficient (Wildman–Crippen LogP) is 4.36. The number of alkyl halides is 2. The largest absolute Gasteiger partial charge is 0.241 e. The molecule has 1 aromatic heterocycles.